The van der Waals surface area contributed by atoms with Crippen molar-refractivity contribution in [2.24, 2.45) is 0 Å². The molecule has 15 heteroatoms. The Morgan fingerprint density at radius 1 is 0.953 bits per heavy atom. The number of nitrogens with one attached hydrogen (secondary N) is 4. The summed E-state index contributed by atoms with van der Waals surface area (Å²) >= 11 is 0. The van der Waals surface area contributed by atoms with Crippen LogP contribution in [0.1, 0.15) is 40.4 Å². The zero-order valence-corrected chi connectivity index (χ0v) is 22.3. The van der Waals surface area contributed by atoms with Crippen molar-refractivity contribution in [2.45, 2.75) is 19.5 Å². The number of methoxy groups -OCH3 is 1. The fourth-order valence-corrected chi connectivity index (χ4v) is 3.82. The number of phenolic OH excluding ortho intramolecular Hbond substituents is 1. The van der Waals surface area contributed by atoms with Gasteiger partial charge >= 0.3 is 18.2 Å². The van der Waals surface area contributed by atoms with Crippen LogP contribution in [0.15, 0.2) is 48.5 Å². The number of nitrogens with zero attached hydrogens (tertiary/aromatic N) is 1. The van der Waals surface area contributed by atoms with Crippen LogP contribution < -0.4 is 16.0 Å². The maximum Gasteiger partial charge on any atom is 0.417 e. The molecule has 0 bridgehead atoms. The highest BCUT2D eigenvalue weighted by molar-refractivity contribution is 6.48. The molecule has 3 aromatic carbocycles. The van der Waals surface area contributed by atoms with E-state index in [-0.39, 0.29) is 34.6 Å². The minimum absolute atomic E-state index is 0.0117. The third kappa shape index (κ3) is 7.24. The van der Waals surface area contributed by atoms with E-state index in [0.717, 1.165) is 43.5 Å². The number of nitriles is 1. The lowest BCUT2D eigenvalue weighted by Crippen LogP contribution is -2.24. The SMILES string of the molecule is CCC(=O)Nc1cc(C(=N)C(=O)Nc2ccc(C#N)cc2C(=O)O)c(O)cc1-c1ccc(NC(=O)OC)cc1C(F)(F)F. The molecule has 3 amide bonds. The summed E-state index contributed by atoms with van der Waals surface area (Å²) in [5.41, 5.74) is -4.82. The maximum atomic E-state index is 14.1. The Morgan fingerprint density at radius 3 is 2.23 bits per heavy atom. The van der Waals surface area contributed by atoms with Crippen LogP contribution in [-0.4, -0.2) is 46.9 Å². The number of ether oxygens (including phenoxy) is 1. The maximum absolute atomic E-state index is 14.1. The minimum atomic E-state index is -4.97. The van der Waals surface area contributed by atoms with E-state index in [2.05, 4.69) is 20.7 Å². The van der Waals surface area contributed by atoms with E-state index in [1.54, 1.807) is 6.07 Å². The van der Waals surface area contributed by atoms with Gasteiger partial charge in [-0.05, 0) is 48.0 Å². The highest BCUT2D eigenvalue weighted by Gasteiger charge is 2.35. The minimum Gasteiger partial charge on any atom is -0.507 e. The van der Waals surface area contributed by atoms with E-state index in [4.69, 9.17) is 10.7 Å². The van der Waals surface area contributed by atoms with Crippen LogP contribution in [0, 0.1) is 16.7 Å². The van der Waals surface area contributed by atoms with Crippen molar-refractivity contribution in [1.29, 1.82) is 10.7 Å². The number of carbonyl (C=O) groups is 4. The third-order valence-corrected chi connectivity index (χ3v) is 5.90. The number of alkyl halides is 3. The quantitative estimate of drug-likeness (QED) is 0.150. The first-order valence-electron chi connectivity index (χ1n) is 12.1. The summed E-state index contributed by atoms with van der Waals surface area (Å²) in [7, 11) is 1.02. The molecular weight excluding hydrogens is 575 g/mol. The smallest absolute Gasteiger partial charge is 0.417 e. The standard InChI is InChI=1S/C28H22F3N5O7/c1-3-23(38)35-21-10-18(24(33)25(39)36-20-7-4-13(12-32)8-17(20)26(40)41)22(37)11-16(21)15-6-5-14(34-27(42)43-2)9-19(15)28(29,30)31/h4-11,33,37H,3H2,1-2H3,(H,34,42)(H,35,38)(H,36,39)(H,40,41). The van der Waals surface area contributed by atoms with Gasteiger partial charge in [-0.15, -0.1) is 0 Å². The molecule has 0 saturated carbocycles. The molecular formula is C28H22F3N5O7. The number of anilines is 3. The van der Waals surface area contributed by atoms with Gasteiger partial charge in [0, 0.05) is 28.9 Å². The molecule has 0 saturated heterocycles. The average molecular weight is 598 g/mol. The lowest BCUT2D eigenvalue weighted by atomic mass is 9.94. The monoisotopic (exact) mass is 597 g/mol. The molecule has 0 radical (unpaired) electrons. The van der Waals surface area contributed by atoms with Crippen LogP contribution in [0.4, 0.5) is 35.0 Å². The summed E-state index contributed by atoms with van der Waals surface area (Å²) in [6.07, 6.45) is -6.09. The Hall–Kier alpha value is -5.91. The number of amides is 3. The van der Waals surface area contributed by atoms with E-state index < -0.39 is 63.8 Å². The highest BCUT2D eigenvalue weighted by Crippen LogP contribution is 2.43. The Balaban J connectivity index is 2.12. The van der Waals surface area contributed by atoms with Crippen LogP contribution in [0.25, 0.3) is 11.1 Å². The van der Waals surface area contributed by atoms with E-state index in [1.165, 1.54) is 13.0 Å². The molecule has 0 unspecified atom stereocenters. The Kier molecular flexibility index (Phi) is 9.36. The van der Waals surface area contributed by atoms with E-state index in [9.17, 15) is 42.6 Å². The topological polar surface area (TPSA) is 202 Å². The molecule has 0 aromatic heterocycles. The van der Waals surface area contributed by atoms with Gasteiger partial charge in [-0.1, -0.05) is 13.0 Å². The molecule has 0 aliphatic heterocycles. The molecule has 6 N–H and O–H groups in total. The Labute approximate surface area is 241 Å². The summed E-state index contributed by atoms with van der Waals surface area (Å²) in [6, 6.07) is 9.59. The van der Waals surface area contributed by atoms with Crippen molar-refractivity contribution in [2.75, 3.05) is 23.1 Å². The van der Waals surface area contributed by atoms with Gasteiger partial charge in [0.15, 0.2) is 0 Å². The lowest BCUT2D eigenvalue weighted by Gasteiger charge is -2.19. The van der Waals surface area contributed by atoms with E-state index in [1.807, 2.05) is 0 Å². The second-order valence-electron chi connectivity index (χ2n) is 8.70. The van der Waals surface area contributed by atoms with Crippen LogP contribution in [-0.2, 0) is 20.5 Å². The number of phenols is 1. The summed E-state index contributed by atoms with van der Waals surface area (Å²) in [6.45, 7) is 1.47. The molecule has 0 fully saturated rings. The van der Waals surface area contributed by atoms with E-state index in [0.29, 0.717) is 6.07 Å². The van der Waals surface area contributed by atoms with Gasteiger partial charge < -0.3 is 25.6 Å². The molecule has 12 nitrogen and oxygen atoms in total. The van der Waals surface area contributed by atoms with Crippen molar-refractivity contribution >= 4 is 46.7 Å². The predicted octanol–water partition coefficient (Wildman–Crippen LogP) is 5.18. The molecule has 0 spiro atoms. The van der Waals surface area contributed by atoms with Gasteiger partial charge in [-0.25, -0.2) is 9.59 Å². The molecule has 0 atom stereocenters. The van der Waals surface area contributed by atoms with Crippen LogP contribution >= 0.6 is 0 Å². The number of carbonyl (C=O) groups excluding carboxylic acids is 3. The van der Waals surface area contributed by atoms with Crippen molar-refractivity contribution in [3.8, 4) is 22.9 Å². The van der Waals surface area contributed by atoms with Gasteiger partial charge in [-0.3, -0.25) is 20.3 Å². The first-order valence-corrected chi connectivity index (χ1v) is 12.1. The predicted molar refractivity (Wildman–Crippen MR) is 147 cm³/mol. The molecule has 0 aliphatic carbocycles. The fraction of sp³-hybridized carbons (Fsp3) is 0.143. The number of halogens is 3. The summed E-state index contributed by atoms with van der Waals surface area (Å²) in [5.74, 6) is -4.15. The van der Waals surface area contributed by atoms with Crippen molar-refractivity contribution in [3.05, 3.63) is 70.8 Å². The zero-order chi connectivity index (χ0) is 32.1. The first-order chi connectivity index (χ1) is 20.2. The van der Waals surface area contributed by atoms with Crippen LogP contribution in [0.3, 0.4) is 0 Å². The van der Waals surface area contributed by atoms with Crippen molar-refractivity contribution in [1.82, 2.24) is 0 Å². The number of hydrogen-bond donors (Lipinski definition) is 6. The molecule has 3 rings (SSSR count). The number of aromatic hydroxyl groups is 1. The zero-order valence-electron chi connectivity index (χ0n) is 22.3. The number of carboxylic acid groups (broad SMARTS) is 1. The second-order valence-corrected chi connectivity index (χ2v) is 8.70. The fourth-order valence-electron chi connectivity index (χ4n) is 3.82. The van der Waals surface area contributed by atoms with Crippen molar-refractivity contribution < 1.29 is 47.3 Å². The average Bonchev–Trinajstić information content (AvgIpc) is 2.96. The lowest BCUT2D eigenvalue weighted by molar-refractivity contribution is -0.137. The normalized spacial score (nSPS) is 10.7. The van der Waals surface area contributed by atoms with E-state index >= 15 is 0 Å². The summed E-state index contributed by atoms with van der Waals surface area (Å²) in [5, 5.41) is 44.2. The molecule has 3 aromatic rings. The molecule has 0 heterocycles. The van der Waals surface area contributed by atoms with Gasteiger partial charge in [0.2, 0.25) is 5.91 Å². The number of benzene rings is 3. The molecule has 0 aliphatic rings. The van der Waals surface area contributed by atoms with Gasteiger partial charge in [0.05, 0.1) is 35.6 Å². The number of rotatable bonds is 8. The Bertz CT molecular complexity index is 1700. The molecule has 222 valence electrons. The highest BCUT2D eigenvalue weighted by atomic mass is 19.4. The summed E-state index contributed by atoms with van der Waals surface area (Å²) in [4.78, 5) is 48.3. The number of aromatic carboxylic acids is 1. The number of carboxylic acids is 1. The first kappa shape index (κ1) is 31.6. The summed E-state index contributed by atoms with van der Waals surface area (Å²) < 4.78 is 46.7. The Morgan fingerprint density at radius 2 is 1.65 bits per heavy atom. The second kappa shape index (κ2) is 12.7. The number of hydrogen-bond acceptors (Lipinski definition) is 8. The van der Waals surface area contributed by atoms with Gasteiger partial charge in [0.1, 0.15) is 11.5 Å². The van der Waals surface area contributed by atoms with Gasteiger partial charge in [0.25, 0.3) is 5.91 Å². The van der Waals surface area contributed by atoms with Crippen molar-refractivity contribution in [3.63, 3.8) is 0 Å². The van der Waals surface area contributed by atoms with Crippen LogP contribution in [0.5, 0.6) is 5.75 Å². The van der Waals surface area contributed by atoms with Crippen LogP contribution in [0.2, 0.25) is 0 Å². The van der Waals surface area contributed by atoms with Gasteiger partial charge in [-0.2, -0.15) is 18.4 Å². The largest absolute Gasteiger partial charge is 0.507 e. The third-order valence-electron chi connectivity index (χ3n) is 5.90. The molecule has 43 heavy (non-hydrogen) atoms.